The Morgan fingerprint density at radius 1 is 0.969 bits per heavy atom. The number of ketones is 1. The maximum Gasteiger partial charge on any atom is 0.378 e. The second kappa shape index (κ2) is 9.34. The zero-order valence-electron chi connectivity index (χ0n) is 17.0. The Labute approximate surface area is 194 Å². The van der Waals surface area contributed by atoms with Gasteiger partial charge in [0.25, 0.3) is 5.82 Å². The van der Waals surface area contributed by atoms with E-state index in [4.69, 9.17) is 27.9 Å². The Bertz CT molecular complexity index is 1290. The summed E-state index contributed by atoms with van der Waals surface area (Å²) >= 11 is 12.3. The van der Waals surface area contributed by atoms with Crippen LogP contribution >= 0.6 is 23.2 Å². The highest BCUT2D eigenvalue weighted by Gasteiger charge is 2.21. The number of nitrogens with zero attached hydrogens (tertiary/aromatic N) is 3. The number of aromatic nitrogens is 3. The summed E-state index contributed by atoms with van der Waals surface area (Å²) in [6.07, 6.45) is 0. The number of aryl methyl sites for hydroxylation is 1. The van der Waals surface area contributed by atoms with Gasteiger partial charge in [0.1, 0.15) is 0 Å². The minimum Gasteiger partial charge on any atom is -0.451 e. The number of benzene rings is 3. The van der Waals surface area contributed by atoms with Gasteiger partial charge < -0.3 is 4.74 Å². The third-order valence-corrected chi connectivity index (χ3v) is 5.38. The van der Waals surface area contributed by atoms with E-state index < -0.39 is 12.6 Å². The lowest BCUT2D eigenvalue weighted by atomic mass is 10.1. The van der Waals surface area contributed by atoms with Crippen molar-refractivity contribution in [3.05, 3.63) is 99.8 Å². The van der Waals surface area contributed by atoms with Crippen molar-refractivity contribution in [2.24, 2.45) is 0 Å². The SMILES string of the molecule is Cc1ccc(-n2nc(C(=O)OCC(=O)c3ccccc3)nc2-c2ccc(Cl)cc2)cc1Cl. The Hall–Kier alpha value is -3.48. The summed E-state index contributed by atoms with van der Waals surface area (Å²) < 4.78 is 6.68. The molecule has 0 radical (unpaired) electrons. The molecule has 8 heteroatoms. The first-order chi connectivity index (χ1) is 15.4. The second-order valence-corrected chi connectivity index (χ2v) is 7.82. The van der Waals surface area contributed by atoms with Crippen LogP contribution in [0.3, 0.4) is 0 Å². The predicted octanol–water partition coefficient (Wildman–Crippen LogP) is 5.59. The van der Waals surface area contributed by atoms with E-state index in [-0.39, 0.29) is 11.6 Å². The number of ether oxygens (including phenoxy) is 1. The summed E-state index contributed by atoms with van der Waals surface area (Å²) in [5, 5.41) is 5.45. The number of Topliss-reactive ketones (excluding diaryl/α,β-unsaturated/α-hetero) is 1. The summed E-state index contributed by atoms with van der Waals surface area (Å²) in [5.41, 5.74) is 2.67. The van der Waals surface area contributed by atoms with Crippen molar-refractivity contribution < 1.29 is 14.3 Å². The minimum absolute atomic E-state index is 0.174. The number of carbonyl (C=O) groups excluding carboxylic acids is 2. The first-order valence-electron chi connectivity index (χ1n) is 9.67. The molecule has 0 unspecified atom stereocenters. The Balaban J connectivity index is 1.65. The molecule has 0 aliphatic rings. The van der Waals surface area contributed by atoms with Gasteiger partial charge in [-0.3, -0.25) is 4.79 Å². The second-order valence-electron chi connectivity index (χ2n) is 6.98. The van der Waals surface area contributed by atoms with Crippen LogP contribution in [0.2, 0.25) is 10.0 Å². The van der Waals surface area contributed by atoms with Gasteiger partial charge >= 0.3 is 5.97 Å². The summed E-state index contributed by atoms with van der Waals surface area (Å²) in [4.78, 5) is 29.2. The third-order valence-electron chi connectivity index (χ3n) is 4.72. The van der Waals surface area contributed by atoms with Gasteiger partial charge in [0.2, 0.25) is 0 Å². The fourth-order valence-electron chi connectivity index (χ4n) is 2.98. The average molecular weight is 466 g/mol. The fraction of sp³-hybridized carbons (Fsp3) is 0.0833. The summed E-state index contributed by atoms with van der Waals surface area (Å²) in [7, 11) is 0. The van der Waals surface area contributed by atoms with E-state index in [1.165, 1.54) is 4.68 Å². The van der Waals surface area contributed by atoms with Crippen LogP contribution in [0.5, 0.6) is 0 Å². The number of rotatable bonds is 6. The van der Waals surface area contributed by atoms with Crippen LogP contribution < -0.4 is 0 Å². The third kappa shape index (κ3) is 4.72. The highest BCUT2D eigenvalue weighted by Crippen LogP contribution is 2.26. The van der Waals surface area contributed by atoms with Crippen LogP contribution in [0.1, 0.15) is 26.5 Å². The standard InChI is InChI=1S/C24H17Cl2N3O3/c1-15-7-12-19(13-20(15)26)29-23(17-8-10-18(25)11-9-17)27-22(28-29)24(31)32-14-21(30)16-5-3-2-4-6-16/h2-13H,14H2,1H3. The van der Waals surface area contributed by atoms with Gasteiger partial charge in [-0.05, 0) is 48.9 Å². The van der Waals surface area contributed by atoms with E-state index in [0.29, 0.717) is 32.7 Å². The molecule has 0 saturated carbocycles. The monoisotopic (exact) mass is 465 g/mol. The van der Waals surface area contributed by atoms with E-state index >= 15 is 0 Å². The van der Waals surface area contributed by atoms with E-state index in [0.717, 1.165) is 5.56 Å². The Morgan fingerprint density at radius 3 is 2.38 bits per heavy atom. The first kappa shape index (κ1) is 21.7. The van der Waals surface area contributed by atoms with Crippen LogP contribution in [-0.4, -0.2) is 33.1 Å². The molecule has 0 aliphatic heterocycles. The van der Waals surface area contributed by atoms with E-state index in [1.54, 1.807) is 60.7 Å². The van der Waals surface area contributed by atoms with Crippen molar-refractivity contribution in [2.75, 3.05) is 6.61 Å². The maximum absolute atomic E-state index is 12.6. The lowest BCUT2D eigenvalue weighted by Gasteiger charge is -2.07. The zero-order chi connectivity index (χ0) is 22.7. The number of esters is 1. The van der Waals surface area contributed by atoms with Crippen molar-refractivity contribution >= 4 is 35.0 Å². The van der Waals surface area contributed by atoms with E-state index in [2.05, 4.69) is 10.1 Å². The molecule has 0 atom stereocenters. The van der Waals surface area contributed by atoms with Crippen LogP contribution in [0.4, 0.5) is 0 Å². The molecule has 0 aliphatic carbocycles. The molecule has 6 nitrogen and oxygen atoms in total. The van der Waals surface area contributed by atoms with Crippen molar-refractivity contribution in [3.8, 4) is 17.1 Å². The summed E-state index contributed by atoms with van der Waals surface area (Å²) in [6, 6.07) is 21.0. The highest BCUT2D eigenvalue weighted by atomic mass is 35.5. The largest absolute Gasteiger partial charge is 0.451 e. The van der Waals surface area contributed by atoms with E-state index in [1.807, 2.05) is 19.1 Å². The first-order valence-corrected chi connectivity index (χ1v) is 10.4. The molecule has 1 heterocycles. The Morgan fingerprint density at radius 2 is 1.69 bits per heavy atom. The van der Waals surface area contributed by atoms with Crippen molar-refractivity contribution in [2.45, 2.75) is 6.92 Å². The molecule has 1 aromatic heterocycles. The number of hydrogen-bond acceptors (Lipinski definition) is 5. The van der Waals surface area contributed by atoms with Crippen molar-refractivity contribution in [3.63, 3.8) is 0 Å². The van der Waals surface area contributed by atoms with Crippen LogP contribution in [-0.2, 0) is 4.74 Å². The molecular weight excluding hydrogens is 449 g/mol. The van der Waals surface area contributed by atoms with E-state index in [9.17, 15) is 9.59 Å². The zero-order valence-corrected chi connectivity index (χ0v) is 18.5. The Kier molecular flexibility index (Phi) is 6.35. The molecule has 0 saturated heterocycles. The average Bonchev–Trinajstić information content (AvgIpc) is 3.25. The van der Waals surface area contributed by atoms with Gasteiger partial charge in [0.15, 0.2) is 18.2 Å². The normalized spacial score (nSPS) is 10.7. The summed E-state index contributed by atoms with van der Waals surface area (Å²) in [5.74, 6) is -0.890. The molecular formula is C24H17Cl2N3O3. The van der Waals surface area contributed by atoms with Gasteiger partial charge in [-0.1, -0.05) is 59.6 Å². The molecule has 3 aromatic carbocycles. The van der Waals surface area contributed by atoms with Crippen molar-refractivity contribution in [1.82, 2.24) is 14.8 Å². The maximum atomic E-state index is 12.6. The molecule has 4 aromatic rings. The molecule has 0 fully saturated rings. The van der Waals surface area contributed by atoms with Crippen LogP contribution in [0, 0.1) is 6.92 Å². The summed E-state index contributed by atoms with van der Waals surface area (Å²) in [6.45, 7) is 1.48. The van der Waals surface area contributed by atoms with Crippen molar-refractivity contribution in [1.29, 1.82) is 0 Å². The van der Waals surface area contributed by atoms with Crippen LogP contribution in [0.15, 0.2) is 72.8 Å². The molecule has 160 valence electrons. The van der Waals surface area contributed by atoms with Gasteiger partial charge in [0, 0.05) is 21.2 Å². The minimum atomic E-state index is -0.804. The molecule has 0 bridgehead atoms. The molecule has 4 rings (SSSR count). The number of hydrogen-bond donors (Lipinski definition) is 0. The van der Waals surface area contributed by atoms with Gasteiger partial charge in [-0.25, -0.2) is 14.5 Å². The quantitative estimate of drug-likeness (QED) is 0.274. The van der Waals surface area contributed by atoms with Gasteiger partial charge in [-0.15, -0.1) is 5.10 Å². The molecule has 0 amide bonds. The van der Waals surface area contributed by atoms with Gasteiger partial charge in [0.05, 0.1) is 5.69 Å². The topological polar surface area (TPSA) is 74.1 Å². The lowest BCUT2D eigenvalue weighted by molar-refractivity contribution is 0.0462. The predicted molar refractivity (Wildman–Crippen MR) is 123 cm³/mol. The molecule has 32 heavy (non-hydrogen) atoms. The fourth-order valence-corrected chi connectivity index (χ4v) is 3.28. The number of carbonyl (C=O) groups is 2. The van der Waals surface area contributed by atoms with Crippen LogP contribution in [0.25, 0.3) is 17.1 Å². The van der Waals surface area contributed by atoms with Gasteiger partial charge in [-0.2, -0.15) is 0 Å². The highest BCUT2D eigenvalue weighted by molar-refractivity contribution is 6.31. The smallest absolute Gasteiger partial charge is 0.378 e. The lowest BCUT2D eigenvalue weighted by Crippen LogP contribution is -2.15. The molecule has 0 N–H and O–H groups in total. The number of halogens is 2. The molecule has 0 spiro atoms.